The molecule has 2 saturated heterocycles. The van der Waals surface area contributed by atoms with E-state index < -0.39 is 9.84 Å². The summed E-state index contributed by atoms with van der Waals surface area (Å²) in [6, 6.07) is -0.165. The molecule has 0 N–H and O–H groups in total. The van der Waals surface area contributed by atoms with Crippen molar-refractivity contribution in [1.82, 2.24) is 9.80 Å². The van der Waals surface area contributed by atoms with Crippen LogP contribution < -0.4 is 0 Å². The van der Waals surface area contributed by atoms with Gasteiger partial charge in [0.05, 0.1) is 11.5 Å². The predicted molar refractivity (Wildman–Crippen MR) is 105 cm³/mol. The van der Waals surface area contributed by atoms with Gasteiger partial charge in [-0.25, -0.2) is 8.42 Å². The van der Waals surface area contributed by atoms with Gasteiger partial charge in [0, 0.05) is 37.5 Å². The Kier molecular flexibility index (Phi) is 6.49. The van der Waals surface area contributed by atoms with Gasteiger partial charge in [0.2, 0.25) is 11.8 Å². The second kappa shape index (κ2) is 8.50. The third kappa shape index (κ3) is 4.84. The minimum Gasteiger partial charge on any atom is -0.342 e. The lowest BCUT2D eigenvalue weighted by molar-refractivity contribution is -0.143. The zero-order valence-electron chi connectivity index (χ0n) is 16.7. The molecule has 0 aromatic carbocycles. The first-order chi connectivity index (χ1) is 12.8. The number of sulfone groups is 1. The van der Waals surface area contributed by atoms with Crippen molar-refractivity contribution in [2.45, 2.75) is 64.8 Å². The number of carbonyl (C=O) groups is 2. The Morgan fingerprint density at radius 3 is 2.26 bits per heavy atom. The Morgan fingerprint density at radius 2 is 1.70 bits per heavy atom. The van der Waals surface area contributed by atoms with Crippen LogP contribution >= 0.6 is 0 Å². The maximum absolute atomic E-state index is 13.0. The highest BCUT2D eigenvalue weighted by Crippen LogP contribution is 2.33. The minimum atomic E-state index is -3.00. The normalized spacial score (nSPS) is 33.6. The molecular weight excluding hydrogens is 364 g/mol. The summed E-state index contributed by atoms with van der Waals surface area (Å²) < 4.78 is 23.5. The molecule has 154 valence electrons. The minimum absolute atomic E-state index is 0.0567. The van der Waals surface area contributed by atoms with Crippen LogP contribution in [0, 0.1) is 17.8 Å². The lowest BCUT2D eigenvalue weighted by Gasteiger charge is -2.37. The molecule has 27 heavy (non-hydrogen) atoms. The van der Waals surface area contributed by atoms with Gasteiger partial charge in [-0.05, 0) is 57.8 Å². The topological polar surface area (TPSA) is 74.8 Å². The fraction of sp³-hybridized carbons (Fsp3) is 0.900. The van der Waals surface area contributed by atoms with Gasteiger partial charge >= 0.3 is 0 Å². The maximum atomic E-state index is 13.0. The van der Waals surface area contributed by atoms with E-state index in [0.29, 0.717) is 18.9 Å². The average molecular weight is 399 g/mol. The van der Waals surface area contributed by atoms with Crippen molar-refractivity contribution >= 4 is 21.7 Å². The van der Waals surface area contributed by atoms with Crippen molar-refractivity contribution in [3.63, 3.8) is 0 Å². The van der Waals surface area contributed by atoms with Crippen LogP contribution in [0.5, 0.6) is 0 Å². The van der Waals surface area contributed by atoms with Gasteiger partial charge in [-0.2, -0.15) is 0 Å². The molecule has 2 heterocycles. The van der Waals surface area contributed by atoms with Gasteiger partial charge in [-0.1, -0.05) is 6.92 Å². The zero-order chi connectivity index (χ0) is 19.6. The molecule has 3 fully saturated rings. The van der Waals surface area contributed by atoms with Crippen molar-refractivity contribution in [1.29, 1.82) is 0 Å². The van der Waals surface area contributed by atoms with Crippen LogP contribution in [-0.2, 0) is 19.4 Å². The molecular formula is C20H34N2O4S. The summed E-state index contributed by atoms with van der Waals surface area (Å²) >= 11 is 0. The smallest absolute Gasteiger partial charge is 0.225 e. The van der Waals surface area contributed by atoms with E-state index in [2.05, 4.69) is 6.92 Å². The van der Waals surface area contributed by atoms with Gasteiger partial charge in [-0.3, -0.25) is 9.59 Å². The third-order valence-electron chi connectivity index (χ3n) is 6.67. The Bertz CT molecular complexity index is 655. The molecule has 0 spiro atoms. The highest BCUT2D eigenvalue weighted by molar-refractivity contribution is 7.91. The van der Waals surface area contributed by atoms with Crippen LogP contribution in [0.1, 0.15) is 58.8 Å². The molecule has 2 amide bonds. The summed E-state index contributed by atoms with van der Waals surface area (Å²) in [5, 5.41) is 0. The number of piperidine rings is 1. The second-order valence-corrected chi connectivity index (χ2v) is 11.0. The first-order valence-corrected chi connectivity index (χ1v) is 12.4. The SMILES string of the molecule is CCN(C(=O)C1CCC(C(=O)N2CCCC(C)C2)CC1)C1CCS(=O)(=O)C1. The van der Waals surface area contributed by atoms with Crippen molar-refractivity contribution in [3.05, 3.63) is 0 Å². The average Bonchev–Trinajstić information content (AvgIpc) is 3.01. The summed E-state index contributed by atoms with van der Waals surface area (Å²) in [6.45, 7) is 6.44. The Labute approximate surface area is 163 Å². The fourth-order valence-corrected chi connectivity index (χ4v) is 6.82. The van der Waals surface area contributed by atoms with Crippen LogP contribution in [-0.4, -0.2) is 67.2 Å². The van der Waals surface area contributed by atoms with Crippen LogP contribution in [0.2, 0.25) is 0 Å². The van der Waals surface area contributed by atoms with Crippen LogP contribution in [0.25, 0.3) is 0 Å². The molecule has 0 radical (unpaired) electrons. The van der Waals surface area contributed by atoms with Crippen molar-refractivity contribution in [2.75, 3.05) is 31.1 Å². The summed E-state index contributed by atoms with van der Waals surface area (Å²) in [7, 11) is -3.00. The molecule has 0 aromatic heterocycles. The number of nitrogens with zero attached hydrogens (tertiary/aromatic N) is 2. The van der Waals surface area contributed by atoms with Gasteiger partial charge in [-0.15, -0.1) is 0 Å². The van der Waals surface area contributed by atoms with E-state index in [9.17, 15) is 18.0 Å². The summed E-state index contributed by atoms with van der Waals surface area (Å²) in [4.78, 5) is 29.6. The molecule has 3 rings (SSSR count). The first kappa shape index (κ1) is 20.6. The number of amides is 2. The molecule has 3 aliphatic rings. The standard InChI is InChI=1S/C20H34N2O4S/c1-3-22(18-10-12-27(25,26)14-18)20(24)17-8-6-16(7-9-17)19(23)21-11-4-5-15(2)13-21/h15-18H,3-14H2,1-2H3. The molecule has 2 atom stereocenters. The van der Waals surface area contributed by atoms with E-state index in [4.69, 9.17) is 0 Å². The molecule has 2 unspecified atom stereocenters. The Morgan fingerprint density at radius 1 is 1.04 bits per heavy atom. The molecule has 0 bridgehead atoms. The van der Waals surface area contributed by atoms with E-state index in [1.165, 1.54) is 6.42 Å². The predicted octanol–water partition coefficient (Wildman–Crippen LogP) is 2.09. The highest BCUT2D eigenvalue weighted by atomic mass is 32.2. The van der Waals surface area contributed by atoms with Crippen LogP contribution in [0.15, 0.2) is 0 Å². The number of hydrogen-bond donors (Lipinski definition) is 0. The highest BCUT2D eigenvalue weighted by Gasteiger charge is 2.38. The Hall–Kier alpha value is -1.11. The first-order valence-electron chi connectivity index (χ1n) is 10.6. The van der Waals surface area contributed by atoms with Crippen molar-refractivity contribution in [3.8, 4) is 0 Å². The van der Waals surface area contributed by atoms with Crippen molar-refractivity contribution < 1.29 is 18.0 Å². The number of rotatable bonds is 4. The molecule has 1 saturated carbocycles. The maximum Gasteiger partial charge on any atom is 0.225 e. The zero-order valence-corrected chi connectivity index (χ0v) is 17.5. The largest absolute Gasteiger partial charge is 0.342 e. The lowest BCUT2D eigenvalue weighted by atomic mass is 9.80. The number of carbonyl (C=O) groups excluding carboxylic acids is 2. The van der Waals surface area contributed by atoms with E-state index in [0.717, 1.165) is 45.2 Å². The summed E-state index contributed by atoms with van der Waals surface area (Å²) in [6.07, 6.45) is 5.90. The summed E-state index contributed by atoms with van der Waals surface area (Å²) in [5.41, 5.74) is 0. The molecule has 7 heteroatoms. The number of likely N-dealkylation sites (tertiary alicyclic amines) is 1. The van der Waals surface area contributed by atoms with Crippen molar-refractivity contribution in [2.24, 2.45) is 17.8 Å². The van der Waals surface area contributed by atoms with Crippen LogP contribution in [0.3, 0.4) is 0 Å². The van der Waals surface area contributed by atoms with Gasteiger partial charge < -0.3 is 9.80 Å². The second-order valence-electron chi connectivity index (χ2n) is 8.76. The summed E-state index contributed by atoms with van der Waals surface area (Å²) in [5.74, 6) is 1.25. The molecule has 2 aliphatic heterocycles. The van der Waals surface area contributed by atoms with E-state index in [-0.39, 0.29) is 41.2 Å². The van der Waals surface area contributed by atoms with E-state index in [1.54, 1.807) is 4.90 Å². The third-order valence-corrected chi connectivity index (χ3v) is 8.42. The van der Waals surface area contributed by atoms with Crippen LogP contribution in [0.4, 0.5) is 0 Å². The number of hydrogen-bond acceptors (Lipinski definition) is 4. The lowest BCUT2D eigenvalue weighted by Crippen LogP contribution is -2.46. The molecule has 0 aromatic rings. The van der Waals surface area contributed by atoms with Gasteiger partial charge in [0.1, 0.15) is 0 Å². The quantitative estimate of drug-likeness (QED) is 0.727. The van der Waals surface area contributed by atoms with Gasteiger partial charge in [0.25, 0.3) is 0 Å². The van der Waals surface area contributed by atoms with E-state index in [1.807, 2.05) is 11.8 Å². The Balaban J connectivity index is 1.53. The monoisotopic (exact) mass is 398 g/mol. The molecule has 6 nitrogen and oxygen atoms in total. The molecule has 1 aliphatic carbocycles. The van der Waals surface area contributed by atoms with Gasteiger partial charge in [0.15, 0.2) is 9.84 Å². The fourth-order valence-electron chi connectivity index (χ4n) is 5.08. The van der Waals surface area contributed by atoms with E-state index >= 15 is 0 Å².